The van der Waals surface area contributed by atoms with Gasteiger partial charge in [-0.05, 0) is 37.3 Å². The molecule has 1 atom stereocenters. The van der Waals surface area contributed by atoms with E-state index in [1.807, 2.05) is 0 Å². The predicted octanol–water partition coefficient (Wildman–Crippen LogP) is 2.81. The molecule has 3 nitrogen and oxygen atoms in total. The fraction of sp³-hybridized carbons (Fsp3) is 0.429. The third-order valence-corrected chi connectivity index (χ3v) is 4.01. The molecule has 1 unspecified atom stereocenters. The molecule has 2 aromatic rings. The normalized spacial score (nSPS) is 26.4. The maximum absolute atomic E-state index is 5.47. The number of hydrogen-bond acceptors (Lipinski definition) is 3. The van der Waals surface area contributed by atoms with Gasteiger partial charge in [0.15, 0.2) is 5.82 Å². The quantitative estimate of drug-likeness (QED) is 0.790. The van der Waals surface area contributed by atoms with E-state index in [0.717, 1.165) is 18.1 Å². The van der Waals surface area contributed by atoms with E-state index in [2.05, 4.69) is 41.3 Å². The van der Waals surface area contributed by atoms with Gasteiger partial charge in [-0.3, -0.25) is 0 Å². The summed E-state index contributed by atoms with van der Waals surface area (Å²) in [7, 11) is 0. The molecule has 1 aromatic carbocycles. The summed E-state index contributed by atoms with van der Waals surface area (Å²) in [6.45, 7) is 2.19. The van der Waals surface area contributed by atoms with Crippen molar-refractivity contribution in [2.24, 2.45) is 0 Å². The van der Waals surface area contributed by atoms with Crippen LogP contribution in [-0.2, 0) is 11.8 Å². The second-order valence-corrected chi connectivity index (χ2v) is 5.40. The van der Waals surface area contributed by atoms with Crippen LogP contribution in [-0.4, -0.2) is 10.1 Å². The smallest absolute Gasteiger partial charge is 0.237 e. The Kier molecular flexibility index (Phi) is 1.64. The molecule has 0 amide bonds. The predicted molar refractivity (Wildman–Crippen MR) is 62.9 cm³/mol. The topological polar surface area (TPSA) is 38.9 Å². The lowest BCUT2D eigenvalue weighted by Crippen LogP contribution is -2.37. The third kappa shape index (κ3) is 1.22. The Hall–Kier alpha value is -1.64. The number of aromatic nitrogens is 2. The first-order valence-electron chi connectivity index (χ1n) is 6.20. The first kappa shape index (κ1) is 9.40. The molecule has 1 fully saturated rings. The monoisotopic (exact) mass is 226 g/mol. The van der Waals surface area contributed by atoms with E-state index in [4.69, 9.17) is 4.52 Å². The van der Waals surface area contributed by atoms with E-state index in [0.29, 0.717) is 5.92 Å². The van der Waals surface area contributed by atoms with Gasteiger partial charge in [0.2, 0.25) is 5.89 Å². The van der Waals surface area contributed by atoms with Crippen LogP contribution in [0.25, 0.3) is 0 Å². The zero-order chi connectivity index (χ0) is 11.5. The number of rotatable bonds is 2. The molecular weight excluding hydrogens is 212 g/mol. The SMILES string of the molecule is CC1(c2nc(C3CC3)no2)Cc2ccccc21. The van der Waals surface area contributed by atoms with Gasteiger partial charge in [-0.1, -0.05) is 29.4 Å². The number of fused-ring (bicyclic) bond motifs is 1. The summed E-state index contributed by atoms with van der Waals surface area (Å²) in [5.41, 5.74) is 2.68. The summed E-state index contributed by atoms with van der Waals surface area (Å²) in [5, 5.41) is 4.11. The minimum atomic E-state index is -0.0588. The van der Waals surface area contributed by atoms with Gasteiger partial charge in [0, 0.05) is 5.92 Å². The van der Waals surface area contributed by atoms with Gasteiger partial charge < -0.3 is 4.52 Å². The largest absolute Gasteiger partial charge is 0.338 e. The molecule has 0 saturated heterocycles. The van der Waals surface area contributed by atoms with Crippen LogP contribution < -0.4 is 0 Å². The second-order valence-electron chi connectivity index (χ2n) is 5.40. The first-order chi connectivity index (χ1) is 8.27. The van der Waals surface area contributed by atoms with Gasteiger partial charge in [-0.25, -0.2) is 0 Å². The van der Waals surface area contributed by atoms with Crippen LogP contribution in [0.3, 0.4) is 0 Å². The Labute approximate surface area is 99.9 Å². The van der Waals surface area contributed by atoms with E-state index >= 15 is 0 Å². The van der Waals surface area contributed by atoms with Crippen LogP contribution in [0.15, 0.2) is 28.8 Å². The van der Waals surface area contributed by atoms with Crippen LogP contribution in [0.4, 0.5) is 0 Å². The maximum atomic E-state index is 5.47. The van der Waals surface area contributed by atoms with E-state index in [1.165, 1.54) is 24.0 Å². The van der Waals surface area contributed by atoms with Crippen LogP contribution in [0, 0.1) is 0 Å². The van der Waals surface area contributed by atoms with Crippen molar-refractivity contribution in [3.05, 3.63) is 47.1 Å². The molecule has 1 saturated carbocycles. The Balaban J connectivity index is 1.75. The van der Waals surface area contributed by atoms with Gasteiger partial charge in [-0.15, -0.1) is 0 Å². The molecule has 2 aliphatic carbocycles. The van der Waals surface area contributed by atoms with E-state index < -0.39 is 0 Å². The molecule has 0 bridgehead atoms. The fourth-order valence-electron chi connectivity index (χ4n) is 2.74. The van der Waals surface area contributed by atoms with Gasteiger partial charge in [0.05, 0.1) is 5.41 Å². The molecule has 0 radical (unpaired) electrons. The number of hydrogen-bond donors (Lipinski definition) is 0. The fourth-order valence-corrected chi connectivity index (χ4v) is 2.74. The first-order valence-corrected chi connectivity index (χ1v) is 6.20. The molecule has 17 heavy (non-hydrogen) atoms. The third-order valence-electron chi connectivity index (χ3n) is 4.01. The van der Waals surface area contributed by atoms with Gasteiger partial charge >= 0.3 is 0 Å². The minimum absolute atomic E-state index is 0.0588. The van der Waals surface area contributed by atoms with Crippen molar-refractivity contribution in [3.8, 4) is 0 Å². The van der Waals surface area contributed by atoms with Crippen LogP contribution >= 0.6 is 0 Å². The van der Waals surface area contributed by atoms with Gasteiger partial charge in [0.25, 0.3) is 0 Å². The lowest BCUT2D eigenvalue weighted by molar-refractivity contribution is 0.299. The highest BCUT2D eigenvalue weighted by Crippen LogP contribution is 2.46. The summed E-state index contributed by atoms with van der Waals surface area (Å²) >= 11 is 0. The van der Waals surface area contributed by atoms with Crippen molar-refractivity contribution in [2.75, 3.05) is 0 Å². The number of nitrogens with zero attached hydrogens (tertiary/aromatic N) is 2. The average Bonchev–Trinajstić information content (AvgIpc) is 3.06. The average molecular weight is 226 g/mol. The van der Waals surface area contributed by atoms with Gasteiger partial charge in [-0.2, -0.15) is 4.98 Å². The summed E-state index contributed by atoms with van der Waals surface area (Å²) in [6.07, 6.45) is 3.44. The standard InChI is InChI=1S/C14H14N2O/c1-14(8-10-4-2-3-5-11(10)14)13-15-12(16-17-13)9-6-7-9/h2-5,9H,6-8H2,1H3. The van der Waals surface area contributed by atoms with Crippen molar-refractivity contribution in [1.29, 1.82) is 0 Å². The highest BCUT2D eigenvalue weighted by atomic mass is 16.5. The molecule has 1 heterocycles. The molecule has 0 aliphatic heterocycles. The van der Waals surface area contributed by atoms with E-state index in [1.54, 1.807) is 0 Å². The lowest BCUT2D eigenvalue weighted by atomic mass is 9.65. The second kappa shape index (κ2) is 2.97. The Morgan fingerprint density at radius 3 is 2.88 bits per heavy atom. The lowest BCUT2D eigenvalue weighted by Gasteiger charge is -2.37. The molecule has 86 valence electrons. The summed E-state index contributed by atoms with van der Waals surface area (Å²) in [4.78, 5) is 4.59. The van der Waals surface area contributed by atoms with Crippen molar-refractivity contribution in [2.45, 2.75) is 37.5 Å². The zero-order valence-electron chi connectivity index (χ0n) is 9.81. The van der Waals surface area contributed by atoms with Crippen molar-refractivity contribution < 1.29 is 4.52 Å². The molecular formula is C14H14N2O. The van der Waals surface area contributed by atoms with Crippen LogP contribution in [0.1, 0.15) is 48.5 Å². The van der Waals surface area contributed by atoms with Crippen molar-refractivity contribution in [1.82, 2.24) is 10.1 Å². The highest BCUT2D eigenvalue weighted by Gasteiger charge is 2.45. The van der Waals surface area contributed by atoms with E-state index in [-0.39, 0.29) is 5.41 Å². The van der Waals surface area contributed by atoms with Gasteiger partial charge in [0.1, 0.15) is 0 Å². The van der Waals surface area contributed by atoms with Crippen LogP contribution in [0.2, 0.25) is 0 Å². The Morgan fingerprint density at radius 2 is 2.12 bits per heavy atom. The zero-order valence-corrected chi connectivity index (χ0v) is 9.81. The highest BCUT2D eigenvalue weighted by molar-refractivity contribution is 5.48. The molecule has 2 aliphatic rings. The van der Waals surface area contributed by atoms with Crippen molar-refractivity contribution >= 4 is 0 Å². The number of benzene rings is 1. The molecule has 0 spiro atoms. The molecule has 4 rings (SSSR count). The summed E-state index contributed by atoms with van der Waals surface area (Å²) < 4.78 is 5.47. The Bertz CT molecular complexity index is 585. The van der Waals surface area contributed by atoms with E-state index in [9.17, 15) is 0 Å². The minimum Gasteiger partial charge on any atom is -0.338 e. The Morgan fingerprint density at radius 1 is 1.29 bits per heavy atom. The molecule has 3 heteroatoms. The molecule has 0 N–H and O–H groups in total. The maximum Gasteiger partial charge on any atom is 0.237 e. The van der Waals surface area contributed by atoms with Crippen molar-refractivity contribution in [3.63, 3.8) is 0 Å². The summed E-state index contributed by atoms with van der Waals surface area (Å²) in [5.74, 6) is 2.26. The van der Waals surface area contributed by atoms with Crippen LogP contribution in [0.5, 0.6) is 0 Å². The summed E-state index contributed by atoms with van der Waals surface area (Å²) in [6, 6.07) is 8.51. The molecule has 1 aromatic heterocycles.